The molecule has 0 bridgehead atoms. The van der Waals surface area contributed by atoms with Crippen LogP contribution in [0.1, 0.15) is 77.8 Å². The molecule has 280 valence electrons. The fourth-order valence-electron chi connectivity index (χ4n) is 8.94. The normalized spacial score (nSPS) is 19.8. The Labute approximate surface area is 331 Å². The molecule has 3 aliphatic heterocycles. The van der Waals surface area contributed by atoms with E-state index in [1.807, 2.05) is 47.4 Å². The van der Waals surface area contributed by atoms with Crippen LogP contribution >= 0.6 is 23.2 Å². The molecule has 0 radical (unpaired) electrons. The molecule has 3 amide bonds. The summed E-state index contributed by atoms with van der Waals surface area (Å²) in [6, 6.07) is 26.2. The molecular formula is C44H43Cl2N7O2. The lowest BCUT2D eigenvalue weighted by atomic mass is 9.82. The molecule has 2 aromatic heterocycles. The van der Waals surface area contributed by atoms with E-state index in [0.717, 1.165) is 63.7 Å². The smallest absolute Gasteiger partial charge is 0.317 e. The number of carbonyl (C=O) groups excluding carboxylic acids is 2. The maximum atomic E-state index is 14.8. The first-order chi connectivity index (χ1) is 26.8. The van der Waals surface area contributed by atoms with Gasteiger partial charge in [-0.3, -0.25) is 4.79 Å². The van der Waals surface area contributed by atoms with Gasteiger partial charge in [0, 0.05) is 71.1 Å². The highest BCUT2D eigenvalue weighted by molar-refractivity contribution is 6.32. The number of urea groups is 1. The number of amides is 3. The predicted molar refractivity (Wildman–Crippen MR) is 221 cm³/mol. The number of rotatable bonds is 6. The molecule has 2 atom stereocenters. The van der Waals surface area contributed by atoms with Crippen molar-refractivity contribution in [3.63, 3.8) is 0 Å². The van der Waals surface area contributed by atoms with Crippen molar-refractivity contribution in [3.8, 4) is 0 Å². The number of halogens is 2. The molecule has 2 fully saturated rings. The molecule has 0 spiro atoms. The molecule has 9 rings (SSSR count). The van der Waals surface area contributed by atoms with Gasteiger partial charge in [-0.2, -0.15) is 0 Å². The average molecular weight is 773 g/mol. The largest absolute Gasteiger partial charge is 0.351 e. The molecule has 5 heterocycles. The van der Waals surface area contributed by atoms with Gasteiger partial charge in [0.25, 0.3) is 5.91 Å². The molecule has 1 aliphatic carbocycles. The van der Waals surface area contributed by atoms with Gasteiger partial charge >= 0.3 is 6.03 Å². The minimum Gasteiger partial charge on any atom is -0.351 e. The molecule has 4 aliphatic rings. The summed E-state index contributed by atoms with van der Waals surface area (Å²) in [5.41, 5.74) is 8.01. The second-order valence-corrected chi connectivity index (χ2v) is 15.9. The third-order valence-corrected chi connectivity index (χ3v) is 12.0. The van der Waals surface area contributed by atoms with Crippen LogP contribution in [0.5, 0.6) is 0 Å². The fourth-order valence-corrected chi connectivity index (χ4v) is 9.29. The van der Waals surface area contributed by atoms with Crippen LogP contribution in [0.3, 0.4) is 0 Å². The summed E-state index contributed by atoms with van der Waals surface area (Å²) in [5, 5.41) is 8.68. The number of pyridine rings is 1. The monoisotopic (exact) mass is 771 g/mol. The molecule has 1 saturated carbocycles. The van der Waals surface area contributed by atoms with Crippen molar-refractivity contribution in [1.29, 1.82) is 0 Å². The topological polar surface area (TPSA) is 96.6 Å². The van der Waals surface area contributed by atoms with Crippen molar-refractivity contribution >= 4 is 68.8 Å². The minimum atomic E-state index is -0.275. The summed E-state index contributed by atoms with van der Waals surface area (Å²) in [5.74, 6) is 0.561. The summed E-state index contributed by atoms with van der Waals surface area (Å²) in [7, 11) is 0. The Hall–Kier alpha value is -5.25. The van der Waals surface area contributed by atoms with Crippen molar-refractivity contribution in [2.24, 2.45) is 5.92 Å². The zero-order valence-corrected chi connectivity index (χ0v) is 32.2. The van der Waals surface area contributed by atoms with E-state index in [2.05, 4.69) is 81.0 Å². The standard InChI is InChI=1S/C44H43Cl2N7O2/c1-27-9-8-20-53-40(29-15-17-30(45)18-16-29)33-25-31(46)26-35-37(33)38(41(53)36(27)28-10-3-2-4-11-28)39(49-35)43(54)50-34-14-7-19-47-42(34)51-21-23-52(24-22-51)44(55)48-32-12-5-6-13-32/h2-4,7-8,10-11,14-20,25-27,32,40,49H,5-6,9,12-13,21-24H2,1H3,(H,48,55)(H,50,54). The van der Waals surface area contributed by atoms with Gasteiger partial charge in [-0.25, -0.2) is 9.78 Å². The molecule has 11 heteroatoms. The lowest BCUT2D eigenvalue weighted by Gasteiger charge is -2.39. The Morgan fingerprint density at radius 2 is 1.65 bits per heavy atom. The number of benzene rings is 3. The van der Waals surface area contributed by atoms with Crippen LogP contribution in [0.2, 0.25) is 10.0 Å². The Bertz CT molecular complexity index is 2320. The number of nitrogens with one attached hydrogen (secondary N) is 3. The molecule has 9 nitrogen and oxygen atoms in total. The quantitative estimate of drug-likeness (QED) is 0.160. The number of aromatic nitrogens is 2. The molecule has 55 heavy (non-hydrogen) atoms. The second-order valence-electron chi connectivity index (χ2n) is 15.0. The first-order valence-electron chi connectivity index (χ1n) is 19.3. The Balaban J connectivity index is 1.12. The van der Waals surface area contributed by atoms with Gasteiger partial charge in [-0.1, -0.05) is 91.5 Å². The first kappa shape index (κ1) is 35.5. The highest BCUT2D eigenvalue weighted by Crippen LogP contribution is 2.53. The molecule has 2 unspecified atom stereocenters. The van der Waals surface area contributed by atoms with E-state index in [1.54, 1.807) is 6.20 Å². The van der Waals surface area contributed by atoms with Crippen molar-refractivity contribution < 1.29 is 9.59 Å². The zero-order valence-electron chi connectivity index (χ0n) is 30.7. The third kappa shape index (κ3) is 6.63. The maximum Gasteiger partial charge on any atom is 0.317 e. The lowest BCUT2D eigenvalue weighted by Crippen LogP contribution is -2.53. The number of fused-ring (bicyclic) bond motifs is 2. The molecule has 3 aromatic carbocycles. The summed E-state index contributed by atoms with van der Waals surface area (Å²) >= 11 is 13.3. The predicted octanol–water partition coefficient (Wildman–Crippen LogP) is 9.72. The number of nitrogens with zero attached hydrogens (tertiary/aromatic N) is 4. The first-order valence-corrected chi connectivity index (χ1v) is 20.0. The number of hydrogen-bond donors (Lipinski definition) is 3. The number of allylic oxidation sites excluding steroid dienone is 2. The van der Waals surface area contributed by atoms with Gasteiger partial charge in [-0.05, 0) is 83.8 Å². The molecular weight excluding hydrogens is 729 g/mol. The SMILES string of the molecule is CC1CC=CN2C(=C1c1ccccc1)c1c(C(=O)Nc3cccnc3N3CCN(C(=O)NC4CCCC4)CC3)[nH]c3cc(Cl)cc(c13)C2c1ccc(Cl)cc1. The van der Waals surface area contributed by atoms with E-state index in [9.17, 15) is 9.59 Å². The number of anilines is 2. The van der Waals surface area contributed by atoms with Crippen LogP contribution in [0.15, 0.2) is 97.3 Å². The van der Waals surface area contributed by atoms with Gasteiger partial charge in [0.05, 0.1) is 17.4 Å². The van der Waals surface area contributed by atoms with Gasteiger partial charge in [0.2, 0.25) is 0 Å². The van der Waals surface area contributed by atoms with Crippen molar-refractivity contribution in [2.75, 3.05) is 36.4 Å². The van der Waals surface area contributed by atoms with Crippen molar-refractivity contribution in [1.82, 2.24) is 25.1 Å². The van der Waals surface area contributed by atoms with Gasteiger partial charge in [0.1, 0.15) is 5.69 Å². The van der Waals surface area contributed by atoms with Crippen LogP contribution in [0.25, 0.3) is 22.2 Å². The lowest BCUT2D eigenvalue weighted by molar-refractivity contribution is 0.102. The van der Waals surface area contributed by atoms with E-state index in [4.69, 9.17) is 28.2 Å². The number of hydrogen-bond acceptors (Lipinski definition) is 5. The van der Waals surface area contributed by atoms with E-state index < -0.39 is 0 Å². The summed E-state index contributed by atoms with van der Waals surface area (Å²) in [4.78, 5) is 42.5. The van der Waals surface area contributed by atoms with Crippen molar-refractivity contribution in [3.05, 3.63) is 135 Å². The zero-order chi connectivity index (χ0) is 37.6. The fraction of sp³-hybridized carbons (Fsp3) is 0.295. The molecule has 3 N–H and O–H groups in total. The van der Waals surface area contributed by atoms with E-state index in [1.165, 1.54) is 12.8 Å². The van der Waals surface area contributed by atoms with Gasteiger partial charge in [-0.15, -0.1) is 0 Å². The Morgan fingerprint density at radius 3 is 2.42 bits per heavy atom. The Morgan fingerprint density at radius 1 is 0.891 bits per heavy atom. The molecule has 5 aromatic rings. The average Bonchev–Trinajstić information content (AvgIpc) is 3.81. The van der Waals surface area contributed by atoms with E-state index in [-0.39, 0.29) is 29.9 Å². The van der Waals surface area contributed by atoms with Gasteiger partial charge in [0.15, 0.2) is 5.82 Å². The summed E-state index contributed by atoms with van der Waals surface area (Å²) in [6.45, 7) is 4.61. The van der Waals surface area contributed by atoms with Gasteiger partial charge < -0.3 is 30.3 Å². The number of H-pyrrole nitrogens is 1. The van der Waals surface area contributed by atoms with Crippen LogP contribution in [-0.4, -0.2) is 63.9 Å². The Kier molecular flexibility index (Phi) is 9.52. The number of piperazine rings is 1. The van der Waals surface area contributed by atoms with E-state index >= 15 is 0 Å². The van der Waals surface area contributed by atoms with E-state index in [0.29, 0.717) is 53.4 Å². The summed E-state index contributed by atoms with van der Waals surface area (Å²) < 4.78 is 0. The maximum absolute atomic E-state index is 14.8. The second kappa shape index (κ2) is 14.8. The van der Waals surface area contributed by atoms with Crippen molar-refractivity contribution in [2.45, 2.75) is 51.1 Å². The number of carbonyl (C=O) groups is 2. The highest BCUT2D eigenvalue weighted by atomic mass is 35.5. The van der Waals surface area contributed by atoms with Crippen LogP contribution < -0.4 is 15.5 Å². The third-order valence-electron chi connectivity index (χ3n) is 11.5. The van der Waals surface area contributed by atoms with Crippen LogP contribution in [-0.2, 0) is 0 Å². The van der Waals surface area contributed by atoms with Crippen LogP contribution in [0, 0.1) is 5.92 Å². The van der Waals surface area contributed by atoms with Crippen LogP contribution in [0.4, 0.5) is 16.3 Å². The highest BCUT2D eigenvalue weighted by Gasteiger charge is 2.40. The minimum absolute atomic E-state index is 0.00699. The summed E-state index contributed by atoms with van der Waals surface area (Å²) in [6.07, 6.45) is 11.4. The number of aromatic amines is 1. The molecule has 1 saturated heterocycles.